The summed E-state index contributed by atoms with van der Waals surface area (Å²) in [4.78, 5) is 26.9. The van der Waals surface area contributed by atoms with Crippen LogP contribution in [0.25, 0.3) is 11.5 Å². The molecule has 0 unspecified atom stereocenters. The van der Waals surface area contributed by atoms with Crippen molar-refractivity contribution >= 4 is 18.0 Å². The Labute approximate surface area is 159 Å². The molecule has 0 fully saturated rings. The van der Waals surface area contributed by atoms with Crippen molar-refractivity contribution in [2.45, 2.75) is 51.9 Å². The molecule has 0 aliphatic heterocycles. The number of amides is 2. The number of unbranched alkanes of at least 4 members (excludes halogenated alkanes) is 6. The van der Waals surface area contributed by atoms with Gasteiger partial charge in [0.25, 0.3) is 5.91 Å². The third-order valence-electron chi connectivity index (χ3n) is 4.28. The van der Waals surface area contributed by atoms with Crippen LogP contribution in [0.1, 0.15) is 62.4 Å². The Morgan fingerprint density at radius 2 is 1.93 bits per heavy atom. The van der Waals surface area contributed by atoms with E-state index in [1.54, 1.807) is 18.2 Å². The minimum Gasteiger partial charge on any atom is -0.505 e. The van der Waals surface area contributed by atoms with Crippen LogP contribution in [0, 0.1) is 0 Å². The second kappa shape index (κ2) is 11.0. The zero-order valence-electron chi connectivity index (χ0n) is 15.7. The summed E-state index contributed by atoms with van der Waals surface area (Å²) in [6.07, 6.45) is 10.00. The van der Waals surface area contributed by atoms with Crippen LogP contribution in [-0.4, -0.2) is 29.0 Å². The molecule has 7 nitrogen and oxygen atoms in total. The van der Waals surface area contributed by atoms with Gasteiger partial charge in [-0.3, -0.25) is 9.59 Å². The number of hydrogen-bond donors (Lipinski definition) is 3. The summed E-state index contributed by atoms with van der Waals surface area (Å²) in [6.45, 7) is 2.80. The molecule has 0 bridgehead atoms. The molecule has 0 saturated heterocycles. The van der Waals surface area contributed by atoms with E-state index in [2.05, 4.69) is 22.5 Å². The topological polar surface area (TPSA) is 104 Å². The molecule has 1 heterocycles. The number of aromatic nitrogens is 1. The van der Waals surface area contributed by atoms with Crippen LogP contribution in [0.4, 0.5) is 5.69 Å². The van der Waals surface area contributed by atoms with Gasteiger partial charge in [-0.15, -0.1) is 0 Å². The van der Waals surface area contributed by atoms with Crippen LogP contribution < -0.4 is 10.6 Å². The Kier molecular flexibility index (Phi) is 8.35. The van der Waals surface area contributed by atoms with Gasteiger partial charge in [-0.05, 0) is 18.6 Å². The predicted molar refractivity (Wildman–Crippen MR) is 104 cm³/mol. The normalized spacial score (nSPS) is 10.6. The van der Waals surface area contributed by atoms with Crippen molar-refractivity contribution in [2.24, 2.45) is 0 Å². The molecule has 27 heavy (non-hydrogen) atoms. The highest BCUT2D eigenvalue weighted by molar-refractivity contribution is 5.92. The molecule has 2 rings (SSSR count). The number of oxazole rings is 1. The lowest BCUT2D eigenvalue weighted by molar-refractivity contribution is -0.105. The Bertz CT molecular complexity index is 743. The van der Waals surface area contributed by atoms with Crippen molar-refractivity contribution in [1.82, 2.24) is 10.3 Å². The van der Waals surface area contributed by atoms with Crippen molar-refractivity contribution < 1.29 is 19.1 Å². The minimum atomic E-state index is -0.308. The molecular weight excluding hydrogens is 346 g/mol. The average molecular weight is 373 g/mol. The lowest BCUT2D eigenvalue weighted by Gasteiger charge is -2.05. The first-order valence-electron chi connectivity index (χ1n) is 9.43. The molecule has 0 atom stereocenters. The van der Waals surface area contributed by atoms with Gasteiger partial charge >= 0.3 is 0 Å². The number of phenols is 1. The molecule has 0 aliphatic carbocycles. The van der Waals surface area contributed by atoms with E-state index in [9.17, 15) is 14.7 Å². The number of aromatic hydroxyl groups is 1. The van der Waals surface area contributed by atoms with Gasteiger partial charge in [-0.2, -0.15) is 0 Å². The number of nitrogens with one attached hydrogen (secondary N) is 2. The maximum absolute atomic E-state index is 12.2. The van der Waals surface area contributed by atoms with Crippen LogP contribution in [0.3, 0.4) is 0 Å². The first-order chi connectivity index (χ1) is 13.2. The Balaban J connectivity index is 1.84. The van der Waals surface area contributed by atoms with Crippen LogP contribution in [0.5, 0.6) is 5.75 Å². The van der Waals surface area contributed by atoms with Gasteiger partial charge in [0, 0.05) is 6.54 Å². The summed E-state index contributed by atoms with van der Waals surface area (Å²) < 4.78 is 5.32. The highest BCUT2D eigenvalue weighted by Gasteiger charge is 2.17. The van der Waals surface area contributed by atoms with Gasteiger partial charge < -0.3 is 20.2 Å². The summed E-state index contributed by atoms with van der Waals surface area (Å²) >= 11 is 0. The number of hydrogen-bond acceptors (Lipinski definition) is 5. The largest absolute Gasteiger partial charge is 0.505 e. The second-order valence-corrected chi connectivity index (χ2v) is 6.38. The van der Waals surface area contributed by atoms with Crippen molar-refractivity contribution in [3.63, 3.8) is 0 Å². The predicted octanol–water partition coefficient (Wildman–Crippen LogP) is 4.10. The number of rotatable bonds is 12. The molecular formula is C20H27N3O4. The van der Waals surface area contributed by atoms with Crippen molar-refractivity contribution in [2.75, 3.05) is 11.9 Å². The van der Waals surface area contributed by atoms with Crippen LogP contribution in [-0.2, 0) is 4.79 Å². The van der Waals surface area contributed by atoms with E-state index in [0.29, 0.717) is 18.5 Å². The van der Waals surface area contributed by atoms with E-state index in [1.807, 2.05) is 0 Å². The smallest absolute Gasteiger partial charge is 0.273 e. The minimum absolute atomic E-state index is 0.114. The van der Waals surface area contributed by atoms with Gasteiger partial charge in [-0.25, -0.2) is 4.98 Å². The molecule has 146 valence electrons. The number of carbonyl (C=O) groups excluding carboxylic acids is 2. The number of nitrogens with zero attached hydrogens (tertiary/aromatic N) is 1. The molecule has 0 aliphatic rings. The maximum Gasteiger partial charge on any atom is 0.273 e. The molecule has 3 N–H and O–H groups in total. The summed E-state index contributed by atoms with van der Waals surface area (Å²) in [5.41, 5.74) is 0.694. The second-order valence-electron chi connectivity index (χ2n) is 6.38. The monoisotopic (exact) mass is 373 g/mol. The van der Waals surface area contributed by atoms with Gasteiger partial charge in [0.05, 0.1) is 11.3 Å². The van der Waals surface area contributed by atoms with E-state index in [-0.39, 0.29) is 28.9 Å². The third-order valence-corrected chi connectivity index (χ3v) is 4.28. The molecule has 1 aromatic carbocycles. The zero-order valence-corrected chi connectivity index (χ0v) is 15.7. The number of benzene rings is 1. The summed E-state index contributed by atoms with van der Waals surface area (Å²) in [5.74, 6) is -0.359. The summed E-state index contributed by atoms with van der Waals surface area (Å²) in [6, 6.07) is 4.79. The molecule has 7 heteroatoms. The number of anilines is 1. The Hall–Kier alpha value is -2.83. The van der Waals surface area contributed by atoms with E-state index in [0.717, 1.165) is 12.8 Å². The quantitative estimate of drug-likeness (QED) is 0.295. The molecule has 0 spiro atoms. The molecule has 1 aromatic heterocycles. The molecule has 0 saturated carbocycles. The lowest BCUT2D eigenvalue weighted by atomic mass is 10.1. The summed E-state index contributed by atoms with van der Waals surface area (Å²) in [5, 5.41) is 15.4. The van der Waals surface area contributed by atoms with E-state index in [4.69, 9.17) is 4.42 Å². The third kappa shape index (κ3) is 6.13. The standard InChI is InChI=1S/C20H27N3O4/c1-2-3-4-5-6-7-8-12-21-19(26)17-13-27-20(23-17)15-10-9-11-16(18(15)25)22-14-24/h9-11,13-14,25H,2-8,12H2,1H3,(H,21,26)(H,22,24). The van der Waals surface area contributed by atoms with Crippen molar-refractivity contribution in [3.8, 4) is 17.2 Å². The number of para-hydroxylation sites is 1. The lowest BCUT2D eigenvalue weighted by Crippen LogP contribution is -2.24. The fourth-order valence-corrected chi connectivity index (χ4v) is 2.77. The Morgan fingerprint density at radius 3 is 2.67 bits per heavy atom. The number of phenolic OH excluding ortho intramolecular Hbond substituents is 1. The van der Waals surface area contributed by atoms with E-state index < -0.39 is 0 Å². The van der Waals surface area contributed by atoms with E-state index >= 15 is 0 Å². The van der Waals surface area contributed by atoms with Crippen molar-refractivity contribution in [3.05, 3.63) is 30.2 Å². The van der Waals surface area contributed by atoms with Gasteiger partial charge in [-0.1, -0.05) is 51.5 Å². The molecule has 0 radical (unpaired) electrons. The van der Waals surface area contributed by atoms with Gasteiger partial charge in [0.15, 0.2) is 11.4 Å². The van der Waals surface area contributed by atoms with Gasteiger partial charge in [0.1, 0.15) is 6.26 Å². The van der Waals surface area contributed by atoms with Crippen LogP contribution in [0.15, 0.2) is 28.9 Å². The first kappa shape index (κ1) is 20.5. The van der Waals surface area contributed by atoms with Crippen LogP contribution in [0.2, 0.25) is 0 Å². The zero-order chi connectivity index (χ0) is 19.5. The highest BCUT2D eigenvalue weighted by atomic mass is 16.3. The average Bonchev–Trinajstić information content (AvgIpc) is 3.15. The fraction of sp³-hybridized carbons (Fsp3) is 0.450. The highest BCUT2D eigenvalue weighted by Crippen LogP contribution is 2.34. The summed E-state index contributed by atoms with van der Waals surface area (Å²) in [7, 11) is 0. The van der Waals surface area contributed by atoms with Crippen LogP contribution >= 0.6 is 0 Å². The maximum atomic E-state index is 12.2. The SMILES string of the molecule is CCCCCCCCCNC(=O)c1coc(-c2cccc(NC=O)c2O)n1. The number of carbonyl (C=O) groups is 2. The molecule has 2 aromatic rings. The Morgan fingerprint density at radius 1 is 1.19 bits per heavy atom. The molecule has 2 amide bonds. The van der Waals surface area contributed by atoms with Crippen molar-refractivity contribution in [1.29, 1.82) is 0 Å². The fourth-order valence-electron chi connectivity index (χ4n) is 2.77. The first-order valence-corrected chi connectivity index (χ1v) is 9.43. The van der Waals surface area contributed by atoms with E-state index in [1.165, 1.54) is 38.4 Å². The van der Waals surface area contributed by atoms with Gasteiger partial charge in [0.2, 0.25) is 12.3 Å².